The second-order valence-corrected chi connectivity index (χ2v) is 5.77. The molecule has 0 aliphatic heterocycles. The molecule has 0 unspecified atom stereocenters. The summed E-state index contributed by atoms with van der Waals surface area (Å²) >= 11 is 0. The van der Waals surface area contributed by atoms with E-state index in [0.29, 0.717) is 24.3 Å². The van der Waals surface area contributed by atoms with E-state index in [-0.39, 0.29) is 5.91 Å². The number of nitrogens with two attached hydrogens (primary N) is 2. The van der Waals surface area contributed by atoms with E-state index in [1.807, 2.05) is 37.5 Å². The number of pyridine rings is 1. The van der Waals surface area contributed by atoms with Gasteiger partial charge in [-0.05, 0) is 36.9 Å². The van der Waals surface area contributed by atoms with Crippen LogP contribution in [0.25, 0.3) is 0 Å². The second kappa shape index (κ2) is 9.00. The zero-order valence-electron chi connectivity index (χ0n) is 14.0. The molecule has 2 rings (SSSR count). The van der Waals surface area contributed by atoms with Crippen molar-refractivity contribution in [2.45, 2.75) is 13.0 Å². The van der Waals surface area contributed by atoms with E-state index in [4.69, 9.17) is 11.5 Å². The minimum absolute atomic E-state index is 0.151. The van der Waals surface area contributed by atoms with Gasteiger partial charge in [0.15, 0.2) is 0 Å². The summed E-state index contributed by atoms with van der Waals surface area (Å²) in [5.41, 5.74) is 14.7. The quantitative estimate of drug-likeness (QED) is 0.629. The molecule has 128 valence electrons. The van der Waals surface area contributed by atoms with Crippen LogP contribution in [0.3, 0.4) is 0 Å². The van der Waals surface area contributed by atoms with Gasteiger partial charge in [-0.1, -0.05) is 12.1 Å². The van der Waals surface area contributed by atoms with Crippen molar-refractivity contribution in [2.75, 3.05) is 32.4 Å². The Morgan fingerprint density at radius 1 is 1.29 bits per heavy atom. The van der Waals surface area contributed by atoms with Crippen molar-refractivity contribution >= 4 is 11.6 Å². The van der Waals surface area contributed by atoms with Gasteiger partial charge in [0.1, 0.15) is 0 Å². The highest BCUT2D eigenvalue weighted by Gasteiger charge is 2.09. The minimum Gasteiger partial charge on any atom is -0.398 e. The number of carbonyl (C=O) groups excluding carboxylic acids is 1. The smallest absolute Gasteiger partial charge is 0.251 e. The van der Waals surface area contributed by atoms with Crippen molar-refractivity contribution in [3.05, 3.63) is 59.4 Å². The van der Waals surface area contributed by atoms with E-state index in [9.17, 15) is 4.79 Å². The topological polar surface area (TPSA) is 97.3 Å². The zero-order valence-corrected chi connectivity index (χ0v) is 14.0. The monoisotopic (exact) mass is 327 g/mol. The fourth-order valence-electron chi connectivity index (χ4n) is 2.39. The first-order chi connectivity index (χ1) is 11.6. The van der Waals surface area contributed by atoms with Crippen molar-refractivity contribution in [3.63, 3.8) is 0 Å². The maximum Gasteiger partial charge on any atom is 0.251 e. The number of aromatic nitrogens is 1. The summed E-state index contributed by atoms with van der Waals surface area (Å²) in [7, 11) is 2.05. The molecule has 0 radical (unpaired) electrons. The van der Waals surface area contributed by atoms with Crippen LogP contribution in [0.4, 0.5) is 5.69 Å². The van der Waals surface area contributed by atoms with E-state index in [1.165, 1.54) is 0 Å². The van der Waals surface area contributed by atoms with Gasteiger partial charge in [0.05, 0.1) is 0 Å². The summed E-state index contributed by atoms with van der Waals surface area (Å²) in [5, 5.41) is 2.74. The third-order valence-electron chi connectivity index (χ3n) is 3.75. The van der Waals surface area contributed by atoms with Crippen LogP contribution in [0.15, 0.2) is 42.6 Å². The van der Waals surface area contributed by atoms with Gasteiger partial charge in [0, 0.05) is 55.7 Å². The molecule has 0 bridgehead atoms. The molecule has 0 aliphatic rings. The molecule has 6 heteroatoms. The van der Waals surface area contributed by atoms with Crippen molar-refractivity contribution in [1.82, 2.24) is 15.2 Å². The number of nitrogens with zero attached hydrogens (tertiary/aromatic N) is 2. The van der Waals surface area contributed by atoms with Crippen LogP contribution >= 0.6 is 0 Å². The SMILES string of the molecule is CN(CCc1ccccn1)Cc1ccc(C(=O)NCCN)cc1N. The Morgan fingerprint density at radius 2 is 2.12 bits per heavy atom. The summed E-state index contributed by atoms with van der Waals surface area (Å²) in [6, 6.07) is 11.4. The highest BCUT2D eigenvalue weighted by Crippen LogP contribution is 2.16. The van der Waals surface area contributed by atoms with Crippen molar-refractivity contribution in [3.8, 4) is 0 Å². The summed E-state index contributed by atoms with van der Waals surface area (Å²) in [6.07, 6.45) is 2.69. The zero-order chi connectivity index (χ0) is 17.4. The average molecular weight is 327 g/mol. The molecule has 0 saturated carbocycles. The predicted octanol–water partition coefficient (Wildman–Crippen LogP) is 1.03. The first kappa shape index (κ1) is 17.9. The maximum absolute atomic E-state index is 11.9. The molecular weight excluding hydrogens is 302 g/mol. The van der Waals surface area contributed by atoms with Crippen LogP contribution in [0, 0.1) is 0 Å². The number of hydrogen-bond acceptors (Lipinski definition) is 5. The van der Waals surface area contributed by atoms with Crippen molar-refractivity contribution < 1.29 is 4.79 Å². The van der Waals surface area contributed by atoms with E-state index < -0.39 is 0 Å². The summed E-state index contributed by atoms with van der Waals surface area (Å²) in [6.45, 7) is 2.48. The Morgan fingerprint density at radius 3 is 2.79 bits per heavy atom. The Balaban J connectivity index is 1.91. The van der Waals surface area contributed by atoms with Gasteiger partial charge in [0.2, 0.25) is 0 Å². The number of anilines is 1. The number of nitrogen functional groups attached to an aromatic ring is 1. The first-order valence-corrected chi connectivity index (χ1v) is 8.05. The molecule has 0 spiro atoms. The Kier molecular flexibility index (Phi) is 6.72. The number of hydrogen-bond donors (Lipinski definition) is 3. The molecule has 0 saturated heterocycles. The van der Waals surface area contributed by atoms with E-state index in [0.717, 1.165) is 30.8 Å². The molecule has 1 aromatic carbocycles. The summed E-state index contributed by atoms with van der Waals surface area (Å²) in [5.74, 6) is -0.151. The highest BCUT2D eigenvalue weighted by atomic mass is 16.1. The van der Waals surface area contributed by atoms with Gasteiger partial charge in [-0.25, -0.2) is 0 Å². The van der Waals surface area contributed by atoms with Crippen LogP contribution < -0.4 is 16.8 Å². The highest BCUT2D eigenvalue weighted by molar-refractivity contribution is 5.95. The van der Waals surface area contributed by atoms with Gasteiger partial charge in [-0.15, -0.1) is 0 Å². The van der Waals surface area contributed by atoms with Gasteiger partial charge in [-0.3, -0.25) is 9.78 Å². The molecule has 2 aromatic rings. The lowest BCUT2D eigenvalue weighted by molar-refractivity contribution is 0.0955. The Bertz CT molecular complexity index is 660. The number of amides is 1. The van der Waals surface area contributed by atoms with Crippen LogP contribution in [0.1, 0.15) is 21.6 Å². The van der Waals surface area contributed by atoms with Crippen LogP contribution in [-0.2, 0) is 13.0 Å². The fraction of sp³-hybridized carbons (Fsp3) is 0.333. The number of nitrogens with one attached hydrogen (secondary N) is 1. The van der Waals surface area contributed by atoms with Crippen molar-refractivity contribution in [1.29, 1.82) is 0 Å². The lowest BCUT2D eigenvalue weighted by atomic mass is 10.1. The third kappa shape index (κ3) is 5.33. The standard InChI is InChI=1S/C18H25N5O/c1-23(11-7-16-4-2-3-9-21-16)13-15-6-5-14(12-17(15)20)18(24)22-10-8-19/h2-6,9,12H,7-8,10-11,13,19-20H2,1H3,(H,22,24). The Hall–Kier alpha value is -2.44. The first-order valence-electron chi connectivity index (χ1n) is 8.05. The lowest BCUT2D eigenvalue weighted by Crippen LogP contribution is -2.29. The normalized spacial score (nSPS) is 10.8. The van der Waals surface area contributed by atoms with E-state index >= 15 is 0 Å². The molecule has 0 aliphatic carbocycles. The molecule has 24 heavy (non-hydrogen) atoms. The number of rotatable bonds is 8. The fourth-order valence-corrected chi connectivity index (χ4v) is 2.39. The van der Waals surface area contributed by atoms with Crippen molar-refractivity contribution in [2.24, 2.45) is 5.73 Å². The molecule has 1 heterocycles. The van der Waals surface area contributed by atoms with Gasteiger partial charge < -0.3 is 21.7 Å². The number of benzene rings is 1. The molecular formula is C18H25N5O. The molecule has 1 aromatic heterocycles. The molecule has 0 atom stereocenters. The molecule has 5 N–H and O–H groups in total. The maximum atomic E-state index is 11.9. The van der Waals surface area contributed by atoms with Crippen LogP contribution in [0.2, 0.25) is 0 Å². The molecule has 6 nitrogen and oxygen atoms in total. The minimum atomic E-state index is -0.151. The molecule has 1 amide bonds. The van der Waals surface area contributed by atoms with Gasteiger partial charge in [0.25, 0.3) is 5.91 Å². The predicted molar refractivity (Wildman–Crippen MR) is 96.5 cm³/mol. The summed E-state index contributed by atoms with van der Waals surface area (Å²) < 4.78 is 0. The average Bonchev–Trinajstić information content (AvgIpc) is 2.60. The summed E-state index contributed by atoms with van der Waals surface area (Å²) in [4.78, 5) is 18.4. The lowest BCUT2D eigenvalue weighted by Gasteiger charge is -2.18. The van der Waals surface area contributed by atoms with Crippen LogP contribution in [-0.4, -0.2) is 42.5 Å². The molecule has 0 fully saturated rings. The third-order valence-corrected chi connectivity index (χ3v) is 3.75. The van der Waals surface area contributed by atoms with E-state index in [2.05, 4.69) is 15.2 Å². The Labute approximate surface area is 142 Å². The second-order valence-electron chi connectivity index (χ2n) is 5.77. The van der Waals surface area contributed by atoms with Gasteiger partial charge >= 0.3 is 0 Å². The van der Waals surface area contributed by atoms with Crippen LogP contribution in [0.5, 0.6) is 0 Å². The van der Waals surface area contributed by atoms with Gasteiger partial charge in [-0.2, -0.15) is 0 Å². The number of carbonyl (C=O) groups is 1. The van der Waals surface area contributed by atoms with E-state index in [1.54, 1.807) is 12.1 Å². The number of likely N-dealkylation sites (N-methyl/N-ethyl adjacent to an activating group) is 1. The largest absolute Gasteiger partial charge is 0.398 e.